The van der Waals surface area contributed by atoms with Crippen molar-refractivity contribution in [1.29, 1.82) is 0 Å². The molecule has 45 heavy (non-hydrogen) atoms. The Morgan fingerprint density at radius 2 is 1.02 bits per heavy atom. The van der Waals surface area contributed by atoms with Crippen LogP contribution >= 0.6 is 0 Å². The van der Waals surface area contributed by atoms with Crippen LogP contribution in [0, 0.1) is 23.7 Å². The Morgan fingerprint density at radius 3 is 1.27 bits per heavy atom. The maximum atomic E-state index is 11.3. The summed E-state index contributed by atoms with van der Waals surface area (Å²) in [4.78, 5) is 43.2. The van der Waals surface area contributed by atoms with E-state index >= 15 is 0 Å². The van der Waals surface area contributed by atoms with Crippen molar-refractivity contribution in [2.45, 2.75) is 126 Å². The number of carboxylic acid groups (broad SMARTS) is 1. The van der Waals surface area contributed by atoms with Crippen molar-refractivity contribution in [3.63, 3.8) is 0 Å². The second kappa shape index (κ2) is 24.9. The Balaban J connectivity index is 0. The molecule has 0 aromatic rings. The normalized spacial score (nSPS) is 19.6. The maximum absolute atomic E-state index is 11.3. The predicted octanol–water partition coefficient (Wildman–Crippen LogP) is 3.48. The molecule has 0 bridgehead atoms. The van der Waals surface area contributed by atoms with Gasteiger partial charge in [0.15, 0.2) is 0 Å². The number of hydrogen-bond acceptors (Lipinski definition) is 12. The van der Waals surface area contributed by atoms with E-state index in [1.807, 2.05) is 62.3 Å². The summed E-state index contributed by atoms with van der Waals surface area (Å²) in [6.07, 6.45) is 2.68. The van der Waals surface area contributed by atoms with E-state index in [9.17, 15) is 29.4 Å². The fraction of sp³-hybridized carbons (Fsp3) is 0.879. The molecule has 0 radical (unpaired) electrons. The number of rotatable bonds is 16. The average Bonchev–Trinajstić information content (AvgIpc) is 3.94. The number of aliphatic hydroxyl groups excluding tert-OH is 1. The predicted molar refractivity (Wildman–Crippen MR) is 167 cm³/mol. The van der Waals surface area contributed by atoms with Crippen LogP contribution in [0.4, 0.5) is 0 Å². The Hall–Kier alpha value is -2.28. The van der Waals surface area contributed by atoms with Crippen molar-refractivity contribution in [3.8, 4) is 0 Å². The van der Waals surface area contributed by atoms with E-state index in [-0.39, 0.29) is 72.6 Å². The summed E-state index contributed by atoms with van der Waals surface area (Å²) in [5.41, 5.74) is -0.290. The van der Waals surface area contributed by atoms with Gasteiger partial charge in [-0.05, 0) is 52.4 Å². The van der Waals surface area contributed by atoms with Crippen molar-refractivity contribution in [3.05, 3.63) is 0 Å². The van der Waals surface area contributed by atoms with Crippen molar-refractivity contribution in [1.82, 2.24) is 0 Å². The molecule has 2 saturated heterocycles. The molecule has 2 aliphatic heterocycles. The van der Waals surface area contributed by atoms with Crippen LogP contribution in [-0.2, 0) is 47.6 Å². The second-order valence-corrected chi connectivity index (χ2v) is 12.4. The molecular formula is C33H61O12-. The summed E-state index contributed by atoms with van der Waals surface area (Å²) in [7, 11) is 0. The van der Waals surface area contributed by atoms with Gasteiger partial charge in [0.25, 0.3) is 0 Å². The molecule has 2 aliphatic rings. The van der Waals surface area contributed by atoms with Gasteiger partial charge in [0.05, 0.1) is 43.2 Å². The van der Waals surface area contributed by atoms with E-state index in [4.69, 9.17) is 28.4 Å². The molecule has 0 aromatic heterocycles. The lowest BCUT2D eigenvalue weighted by atomic mass is 10.1. The van der Waals surface area contributed by atoms with Gasteiger partial charge in [-0.1, -0.05) is 55.4 Å². The van der Waals surface area contributed by atoms with Crippen molar-refractivity contribution in [2.75, 3.05) is 39.6 Å². The number of carbonyl (C=O) groups is 4. The molecule has 2 heterocycles. The van der Waals surface area contributed by atoms with Crippen LogP contribution in [-0.4, -0.2) is 92.5 Å². The lowest BCUT2D eigenvalue weighted by Gasteiger charge is -2.22. The molecule has 12 nitrogen and oxygen atoms in total. The second-order valence-electron chi connectivity index (χ2n) is 12.4. The standard InChI is InChI=1S/C12H24O4.2C8H14O3.C5H10O2/c1-6-9(2)11(14)15-7-10(13)8-16-12(3,4)5;2*1-3-6(2)8(9)11-5-7-4-10-7;1-3-4(2)5(6)7/h9-10,13H,6-8H2,1-5H3;2*6-7H,3-5H2,1-2H3;4H,3H2,1-2H3,(H,6,7)/p-1. The van der Waals surface area contributed by atoms with E-state index in [0.29, 0.717) is 19.6 Å². The van der Waals surface area contributed by atoms with Crippen molar-refractivity contribution >= 4 is 23.9 Å². The fourth-order valence-electron chi connectivity index (χ4n) is 2.34. The van der Waals surface area contributed by atoms with Crippen molar-refractivity contribution in [2.24, 2.45) is 23.7 Å². The third-order valence-corrected chi connectivity index (χ3v) is 6.81. The zero-order valence-corrected chi connectivity index (χ0v) is 29.6. The molecule has 0 aliphatic carbocycles. The largest absolute Gasteiger partial charge is 0.550 e. The van der Waals surface area contributed by atoms with Gasteiger partial charge in [-0.2, -0.15) is 0 Å². The third kappa shape index (κ3) is 27.7. The number of carboxylic acids is 1. The minimum Gasteiger partial charge on any atom is -0.550 e. The van der Waals surface area contributed by atoms with Crippen LogP contribution in [0.5, 0.6) is 0 Å². The Bertz CT molecular complexity index is 783. The van der Waals surface area contributed by atoms with E-state index in [0.717, 1.165) is 32.5 Å². The number of aliphatic hydroxyl groups is 1. The van der Waals surface area contributed by atoms with Crippen LogP contribution in [0.2, 0.25) is 0 Å². The Labute approximate surface area is 270 Å². The zero-order chi connectivity index (χ0) is 35.2. The van der Waals surface area contributed by atoms with Gasteiger partial charge in [-0.3, -0.25) is 14.4 Å². The van der Waals surface area contributed by atoms with Crippen LogP contribution in [0.15, 0.2) is 0 Å². The van der Waals surface area contributed by atoms with Gasteiger partial charge < -0.3 is 43.4 Å². The highest BCUT2D eigenvalue weighted by Gasteiger charge is 2.26. The highest BCUT2D eigenvalue weighted by atomic mass is 16.6. The fourth-order valence-corrected chi connectivity index (χ4v) is 2.34. The first-order valence-electron chi connectivity index (χ1n) is 16.2. The Morgan fingerprint density at radius 1 is 0.689 bits per heavy atom. The molecule has 2 rings (SSSR count). The molecule has 266 valence electrons. The number of esters is 3. The van der Waals surface area contributed by atoms with Crippen LogP contribution in [0.1, 0.15) is 102 Å². The number of aliphatic carboxylic acids is 1. The molecule has 7 atom stereocenters. The topological polar surface area (TPSA) is 174 Å². The first kappa shape index (κ1) is 44.8. The average molecular weight is 650 g/mol. The maximum Gasteiger partial charge on any atom is 0.308 e. The zero-order valence-electron chi connectivity index (χ0n) is 29.6. The summed E-state index contributed by atoms with van der Waals surface area (Å²) >= 11 is 0. The first-order chi connectivity index (χ1) is 20.9. The Kier molecular flexibility index (Phi) is 24.8. The molecule has 0 aromatic carbocycles. The van der Waals surface area contributed by atoms with Crippen LogP contribution in [0.25, 0.3) is 0 Å². The summed E-state index contributed by atoms with van der Waals surface area (Å²) < 4.78 is 30.0. The highest BCUT2D eigenvalue weighted by Crippen LogP contribution is 2.12. The molecule has 0 spiro atoms. The van der Waals surface area contributed by atoms with Crippen LogP contribution in [0.3, 0.4) is 0 Å². The monoisotopic (exact) mass is 649 g/mol. The lowest BCUT2D eigenvalue weighted by Crippen LogP contribution is -2.30. The lowest BCUT2D eigenvalue weighted by molar-refractivity contribution is -0.311. The van der Waals surface area contributed by atoms with Crippen molar-refractivity contribution < 1.29 is 57.8 Å². The molecule has 2 fully saturated rings. The summed E-state index contributed by atoms with van der Waals surface area (Å²) in [6.45, 7) is 23.1. The van der Waals surface area contributed by atoms with Gasteiger partial charge in [0.2, 0.25) is 0 Å². The summed E-state index contributed by atoms with van der Waals surface area (Å²) in [5, 5.41) is 19.3. The van der Waals surface area contributed by atoms with Gasteiger partial charge in [0.1, 0.15) is 38.1 Å². The number of carbonyl (C=O) groups excluding carboxylic acids is 4. The number of ether oxygens (including phenoxy) is 6. The quantitative estimate of drug-likeness (QED) is 0.147. The molecule has 7 unspecified atom stereocenters. The minimum absolute atomic E-state index is 0.000741. The molecule has 1 N–H and O–H groups in total. The van der Waals surface area contributed by atoms with E-state index < -0.39 is 12.1 Å². The summed E-state index contributed by atoms with van der Waals surface area (Å²) in [6, 6.07) is 0. The smallest absolute Gasteiger partial charge is 0.308 e. The van der Waals surface area contributed by atoms with Gasteiger partial charge in [-0.15, -0.1) is 0 Å². The number of epoxide rings is 2. The minimum atomic E-state index is -0.956. The van der Waals surface area contributed by atoms with E-state index in [1.165, 1.54) is 0 Å². The molecular weight excluding hydrogens is 588 g/mol. The van der Waals surface area contributed by atoms with E-state index in [2.05, 4.69) is 0 Å². The molecule has 12 heteroatoms. The molecule has 0 saturated carbocycles. The van der Waals surface area contributed by atoms with Gasteiger partial charge >= 0.3 is 17.9 Å². The summed E-state index contributed by atoms with van der Waals surface area (Å²) in [5.74, 6) is -1.80. The highest BCUT2D eigenvalue weighted by molar-refractivity contribution is 5.72. The van der Waals surface area contributed by atoms with Gasteiger partial charge in [-0.25, -0.2) is 0 Å². The van der Waals surface area contributed by atoms with Crippen LogP contribution < -0.4 is 5.11 Å². The van der Waals surface area contributed by atoms with Gasteiger partial charge in [0, 0.05) is 5.97 Å². The number of hydrogen-bond donors (Lipinski definition) is 1. The third-order valence-electron chi connectivity index (χ3n) is 6.81. The SMILES string of the molecule is CCC(C)C(=O)OCC(O)COC(C)(C)C.CCC(C)C(=O)OCC1CO1.CCC(C)C(=O)OCC1CO1.CCC(C)C(=O)[O-]. The molecule has 0 amide bonds. The first-order valence-corrected chi connectivity index (χ1v) is 16.2. The van der Waals surface area contributed by atoms with E-state index in [1.54, 1.807) is 13.8 Å².